The second-order valence-electron chi connectivity index (χ2n) is 5.38. The van der Waals surface area contributed by atoms with E-state index >= 15 is 0 Å². The molecule has 0 aliphatic rings. The molecule has 0 amide bonds. The summed E-state index contributed by atoms with van der Waals surface area (Å²) in [5.74, 6) is 0. The number of nitrogens with two attached hydrogens (primary N) is 1. The highest BCUT2D eigenvalue weighted by molar-refractivity contribution is 7.80. The predicted molar refractivity (Wildman–Crippen MR) is 79.4 cm³/mol. The van der Waals surface area contributed by atoms with Crippen LogP contribution in [0.25, 0.3) is 0 Å². The molecule has 3 heteroatoms. The zero-order valence-electron chi connectivity index (χ0n) is 11.8. The van der Waals surface area contributed by atoms with Gasteiger partial charge in [0.1, 0.15) is 0 Å². The lowest BCUT2D eigenvalue weighted by atomic mass is 9.88. The molecule has 0 saturated carbocycles. The van der Waals surface area contributed by atoms with Crippen LogP contribution in [0.15, 0.2) is 0 Å². The van der Waals surface area contributed by atoms with Crippen LogP contribution in [0.2, 0.25) is 0 Å². The number of unbranched alkanes of at least 4 members (excludes halogenated alkanes) is 4. The summed E-state index contributed by atoms with van der Waals surface area (Å²) in [4.78, 5) is 0.608. The Labute approximate surface area is 112 Å². The minimum atomic E-state index is -0.0280. The van der Waals surface area contributed by atoms with E-state index in [1.54, 1.807) is 0 Å². The van der Waals surface area contributed by atoms with E-state index in [1.807, 2.05) is 0 Å². The fourth-order valence-electron chi connectivity index (χ4n) is 1.65. The summed E-state index contributed by atoms with van der Waals surface area (Å²) in [6, 6.07) is 0. The lowest BCUT2D eigenvalue weighted by Crippen LogP contribution is -2.29. The van der Waals surface area contributed by atoms with Crippen molar-refractivity contribution in [3.63, 3.8) is 0 Å². The zero-order valence-corrected chi connectivity index (χ0v) is 12.6. The van der Waals surface area contributed by atoms with E-state index in [0.717, 1.165) is 26.1 Å². The molecule has 2 N–H and O–H groups in total. The third kappa shape index (κ3) is 9.54. The summed E-state index contributed by atoms with van der Waals surface area (Å²) in [6.07, 6.45) is 8.54. The lowest BCUT2D eigenvalue weighted by Gasteiger charge is -2.22. The highest BCUT2D eigenvalue weighted by Crippen LogP contribution is 2.22. The molecule has 0 aliphatic carbocycles. The van der Waals surface area contributed by atoms with Gasteiger partial charge in [0.15, 0.2) is 0 Å². The minimum Gasteiger partial charge on any atom is -0.393 e. The van der Waals surface area contributed by atoms with Crippen molar-refractivity contribution >= 4 is 17.2 Å². The Morgan fingerprint density at radius 1 is 1.06 bits per heavy atom. The number of rotatable bonds is 11. The summed E-state index contributed by atoms with van der Waals surface area (Å²) >= 11 is 5.03. The smallest absolute Gasteiger partial charge is 0.0784 e. The van der Waals surface area contributed by atoms with Crippen molar-refractivity contribution < 1.29 is 4.74 Å². The van der Waals surface area contributed by atoms with Gasteiger partial charge < -0.3 is 10.5 Å². The number of hydrogen-bond acceptors (Lipinski definition) is 2. The van der Waals surface area contributed by atoms with E-state index in [2.05, 4.69) is 20.8 Å². The number of ether oxygens (including phenoxy) is 1. The Hall–Kier alpha value is -0.150. The molecule has 0 aromatic carbocycles. The van der Waals surface area contributed by atoms with Crippen LogP contribution in [0, 0.1) is 5.41 Å². The molecule has 102 valence electrons. The van der Waals surface area contributed by atoms with E-state index < -0.39 is 0 Å². The maximum atomic E-state index is 5.67. The van der Waals surface area contributed by atoms with Gasteiger partial charge >= 0.3 is 0 Å². The van der Waals surface area contributed by atoms with Crippen LogP contribution in [-0.4, -0.2) is 18.2 Å². The highest BCUT2D eigenvalue weighted by atomic mass is 32.1. The standard InChI is InChI=1S/C14H29NOS/c1-4-5-6-7-8-11-16-12-9-10-14(2,3)13(15)17/h4-12H2,1-3H3,(H2,15,17). The molecule has 0 heterocycles. The third-order valence-electron chi connectivity index (χ3n) is 3.15. The van der Waals surface area contributed by atoms with E-state index in [4.69, 9.17) is 22.7 Å². The Kier molecular flexibility index (Phi) is 9.75. The van der Waals surface area contributed by atoms with E-state index in [-0.39, 0.29) is 5.41 Å². The molecule has 0 spiro atoms. The van der Waals surface area contributed by atoms with E-state index in [1.165, 1.54) is 32.1 Å². The van der Waals surface area contributed by atoms with Crippen LogP contribution in [0.3, 0.4) is 0 Å². The molecule has 0 atom stereocenters. The SMILES string of the molecule is CCCCCCCOCCCC(C)(C)C(N)=S. The van der Waals surface area contributed by atoms with Crippen LogP contribution >= 0.6 is 12.2 Å². The molecule has 0 aromatic rings. The van der Waals surface area contributed by atoms with Crippen LogP contribution < -0.4 is 5.73 Å². The fraction of sp³-hybridized carbons (Fsp3) is 0.929. The first-order valence-electron chi connectivity index (χ1n) is 6.88. The third-order valence-corrected chi connectivity index (χ3v) is 3.70. The van der Waals surface area contributed by atoms with Crippen LogP contribution in [0.5, 0.6) is 0 Å². The van der Waals surface area contributed by atoms with E-state index in [0.29, 0.717) is 4.99 Å². The van der Waals surface area contributed by atoms with Crippen molar-refractivity contribution in [1.82, 2.24) is 0 Å². The van der Waals surface area contributed by atoms with Gasteiger partial charge in [-0.15, -0.1) is 0 Å². The highest BCUT2D eigenvalue weighted by Gasteiger charge is 2.20. The molecule has 0 unspecified atom stereocenters. The van der Waals surface area contributed by atoms with Gasteiger partial charge in [-0.05, 0) is 19.3 Å². The molecule has 0 aromatic heterocycles. The fourth-order valence-corrected chi connectivity index (χ4v) is 1.75. The summed E-state index contributed by atoms with van der Waals surface area (Å²) < 4.78 is 5.60. The summed E-state index contributed by atoms with van der Waals surface area (Å²) in [5, 5.41) is 0. The maximum Gasteiger partial charge on any atom is 0.0784 e. The summed E-state index contributed by atoms with van der Waals surface area (Å²) in [5.41, 5.74) is 5.64. The van der Waals surface area contributed by atoms with Gasteiger partial charge in [0, 0.05) is 18.6 Å². The maximum absolute atomic E-state index is 5.67. The van der Waals surface area contributed by atoms with Crippen molar-refractivity contribution in [1.29, 1.82) is 0 Å². The molecule has 0 fully saturated rings. The van der Waals surface area contributed by atoms with E-state index in [9.17, 15) is 0 Å². The summed E-state index contributed by atoms with van der Waals surface area (Å²) in [6.45, 7) is 8.16. The Balaban J connectivity index is 3.27. The first-order chi connectivity index (χ1) is 8.00. The molecule has 0 radical (unpaired) electrons. The topological polar surface area (TPSA) is 35.2 Å². The second-order valence-corrected chi connectivity index (χ2v) is 5.82. The van der Waals surface area contributed by atoms with Gasteiger partial charge in [-0.25, -0.2) is 0 Å². The van der Waals surface area contributed by atoms with Gasteiger partial charge in [-0.1, -0.05) is 58.7 Å². The molecule has 0 rings (SSSR count). The average Bonchev–Trinajstić information content (AvgIpc) is 2.26. The zero-order chi connectivity index (χ0) is 13.1. The molecule has 0 bridgehead atoms. The largest absolute Gasteiger partial charge is 0.393 e. The number of thiocarbonyl (C=S) groups is 1. The van der Waals surface area contributed by atoms with Gasteiger partial charge in [0.2, 0.25) is 0 Å². The quantitative estimate of drug-likeness (QED) is 0.449. The van der Waals surface area contributed by atoms with Crippen LogP contribution in [0.1, 0.15) is 65.7 Å². The Morgan fingerprint density at radius 2 is 1.65 bits per heavy atom. The molecular weight excluding hydrogens is 230 g/mol. The molecule has 2 nitrogen and oxygen atoms in total. The van der Waals surface area contributed by atoms with Crippen LogP contribution in [0.4, 0.5) is 0 Å². The monoisotopic (exact) mass is 259 g/mol. The molecule has 0 saturated heterocycles. The molecule has 0 aliphatic heterocycles. The van der Waals surface area contributed by atoms with Crippen molar-refractivity contribution in [3.8, 4) is 0 Å². The second kappa shape index (κ2) is 9.84. The van der Waals surface area contributed by atoms with Gasteiger partial charge in [-0.3, -0.25) is 0 Å². The van der Waals surface area contributed by atoms with Crippen molar-refractivity contribution in [2.45, 2.75) is 65.7 Å². The average molecular weight is 259 g/mol. The number of hydrogen-bond donors (Lipinski definition) is 1. The van der Waals surface area contributed by atoms with Crippen molar-refractivity contribution in [2.24, 2.45) is 11.1 Å². The van der Waals surface area contributed by atoms with Crippen molar-refractivity contribution in [3.05, 3.63) is 0 Å². The van der Waals surface area contributed by atoms with Gasteiger partial charge in [-0.2, -0.15) is 0 Å². The van der Waals surface area contributed by atoms with Gasteiger partial charge in [0.25, 0.3) is 0 Å². The Bertz CT molecular complexity index is 204. The molecular formula is C14H29NOS. The molecule has 17 heavy (non-hydrogen) atoms. The lowest BCUT2D eigenvalue weighted by molar-refractivity contribution is 0.121. The first kappa shape index (κ1) is 16.9. The predicted octanol–water partition coefficient (Wildman–Crippen LogP) is 4.07. The Morgan fingerprint density at radius 3 is 2.24 bits per heavy atom. The normalized spacial score (nSPS) is 11.7. The van der Waals surface area contributed by atoms with Crippen LogP contribution in [-0.2, 0) is 4.74 Å². The summed E-state index contributed by atoms with van der Waals surface area (Å²) in [7, 11) is 0. The minimum absolute atomic E-state index is 0.0280. The first-order valence-corrected chi connectivity index (χ1v) is 7.29. The van der Waals surface area contributed by atoms with Crippen molar-refractivity contribution in [2.75, 3.05) is 13.2 Å². The van der Waals surface area contributed by atoms with Gasteiger partial charge in [0.05, 0.1) is 4.99 Å².